The highest BCUT2D eigenvalue weighted by Crippen LogP contribution is 2.12. The summed E-state index contributed by atoms with van der Waals surface area (Å²) >= 11 is 0. The van der Waals surface area contributed by atoms with Crippen LogP contribution in [0.3, 0.4) is 0 Å². The Bertz CT molecular complexity index is 121. The zero-order valence-electron chi connectivity index (χ0n) is 9.87. The summed E-state index contributed by atoms with van der Waals surface area (Å²) in [6.45, 7) is 6.14. The van der Waals surface area contributed by atoms with Gasteiger partial charge < -0.3 is 10.2 Å². The van der Waals surface area contributed by atoms with Gasteiger partial charge in [-0.3, -0.25) is 0 Å². The molecule has 0 fully saturated rings. The van der Waals surface area contributed by atoms with E-state index >= 15 is 0 Å². The van der Waals surface area contributed by atoms with Crippen LogP contribution in [-0.4, -0.2) is 22.4 Å². The highest BCUT2D eigenvalue weighted by Gasteiger charge is 2.09. The summed E-state index contributed by atoms with van der Waals surface area (Å²) < 4.78 is 0. The molecule has 2 heteroatoms. The van der Waals surface area contributed by atoms with Gasteiger partial charge in [-0.15, -0.1) is 0 Å². The standard InChI is InChI=1S/C12H26O2/c1-10(2)8-6-4-5-7-9-12(14)11(3)13/h10-14H,4-9H2,1-3H3. The van der Waals surface area contributed by atoms with Crippen molar-refractivity contribution in [3.8, 4) is 0 Å². The molecule has 0 aliphatic rings. The van der Waals surface area contributed by atoms with Crippen molar-refractivity contribution >= 4 is 0 Å². The van der Waals surface area contributed by atoms with E-state index in [2.05, 4.69) is 13.8 Å². The Kier molecular flexibility index (Phi) is 8.20. The maximum Gasteiger partial charge on any atom is 0.0796 e. The Balaban J connectivity index is 3.13. The summed E-state index contributed by atoms with van der Waals surface area (Å²) in [6.07, 6.45) is 5.69. The predicted octanol–water partition coefficient (Wildman–Crippen LogP) is 2.72. The fourth-order valence-corrected chi connectivity index (χ4v) is 1.50. The van der Waals surface area contributed by atoms with E-state index in [0.29, 0.717) is 0 Å². The fourth-order valence-electron chi connectivity index (χ4n) is 1.50. The quantitative estimate of drug-likeness (QED) is 0.594. The molecule has 2 nitrogen and oxygen atoms in total. The zero-order valence-corrected chi connectivity index (χ0v) is 9.87. The normalized spacial score (nSPS) is 15.9. The van der Waals surface area contributed by atoms with Gasteiger partial charge in [0.05, 0.1) is 12.2 Å². The lowest BCUT2D eigenvalue weighted by Crippen LogP contribution is -2.21. The number of aliphatic hydroxyl groups excluding tert-OH is 2. The molecule has 0 radical (unpaired) electrons. The summed E-state index contributed by atoms with van der Waals surface area (Å²) in [4.78, 5) is 0. The number of hydrogen-bond acceptors (Lipinski definition) is 2. The first-order chi connectivity index (χ1) is 6.54. The molecule has 0 heterocycles. The first kappa shape index (κ1) is 13.9. The van der Waals surface area contributed by atoms with Crippen LogP contribution in [0.25, 0.3) is 0 Å². The smallest absolute Gasteiger partial charge is 0.0796 e. The van der Waals surface area contributed by atoms with Gasteiger partial charge in [-0.05, 0) is 19.3 Å². The van der Waals surface area contributed by atoms with E-state index in [1.165, 1.54) is 25.7 Å². The second-order valence-corrected chi connectivity index (χ2v) is 4.69. The largest absolute Gasteiger partial charge is 0.391 e. The molecule has 0 saturated carbocycles. The van der Waals surface area contributed by atoms with Crippen LogP contribution in [0.5, 0.6) is 0 Å². The summed E-state index contributed by atoms with van der Waals surface area (Å²) in [6, 6.07) is 0. The molecule has 2 N–H and O–H groups in total. The van der Waals surface area contributed by atoms with E-state index < -0.39 is 12.2 Å². The molecular formula is C12H26O2. The van der Waals surface area contributed by atoms with Crippen molar-refractivity contribution in [2.24, 2.45) is 5.92 Å². The molecule has 2 atom stereocenters. The molecule has 14 heavy (non-hydrogen) atoms. The molecule has 2 unspecified atom stereocenters. The SMILES string of the molecule is CC(C)CCCCCCC(O)C(C)O. The summed E-state index contributed by atoms with van der Waals surface area (Å²) in [5.41, 5.74) is 0. The molecule has 0 aromatic rings. The van der Waals surface area contributed by atoms with Gasteiger partial charge in [0.2, 0.25) is 0 Å². The van der Waals surface area contributed by atoms with Gasteiger partial charge in [0.1, 0.15) is 0 Å². The number of aliphatic hydroxyl groups is 2. The van der Waals surface area contributed by atoms with Gasteiger partial charge in [0.25, 0.3) is 0 Å². The van der Waals surface area contributed by atoms with E-state index in [-0.39, 0.29) is 0 Å². The van der Waals surface area contributed by atoms with Gasteiger partial charge in [-0.2, -0.15) is 0 Å². The van der Waals surface area contributed by atoms with Gasteiger partial charge in [0.15, 0.2) is 0 Å². The molecule has 0 aromatic heterocycles. The maximum absolute atomic E-state index is 9.32. The fraction of sp³-hybridized carbons (Fsp3) is 1.00. The second kappa shape index (κ2) is 8.25. The van der Waals surface area contributed by atoms with Crippen molar-refractivity contribution in [1.82, 2.24) is 0 Å². The average molecular weight is 202 g/mol. The highest BCUT2D eigenvalue weighted by molar-refractivity contribution is 4.61. The van der Waals surface area contributed by atoms with E-state index in [1.807, 2.05) is 0 Å². The first-order valence-corrected chi connectivity index (χ1v) is 5.90. The van der Waals surface area contributed by atoms with Crippen molar-refractivity contribution in [1.29, 1.82) is 0 Å². The lowest BCUT2D eigenvalue weighted by molar-refractivity contribution is 0.0247. The Morgan fingerprint density at radius 3 is 1.71 bits per heavy atom. The second-order valence-electron chi connectivity index (χ2n) is 4.69. The van der Waals surface area contributed by atoms with Crippen molar-refractivity contribution in [3.05, 3.63) is 0 Å². The van der Waals surface area contributed by atoms with Crippen LogP contribution in [0.1, 0.15) is 59.3 Å². The molecular weight excluding hydrogens is 176 g/mol. The molecule has 86 valence electrons. The molecule has 0 saturated heterocycles. The third-order valence-electron chi connectivity index (χ3n) is 2.59. The van der Waals surface area contributed by atoms with Crippen LogP contribution < -0.4 is 0 Å². The molecule has 0 bridgehead atoms. The molecule has 0 aliphatic carbocycles. The van der Waals surface area contributed by atoms with Crippen LogP contribution in [0.2, 0.25) is 0 Å². The van der Waals surface area contributed by atoms with Gasteiger partial charge in [-0.1, -0.05) is 46.0 Å². The van der Waals surface area contributed by atoms with Gasteiger partial charge in [0, 0.05) is 0 Å². The van der Waals surface area contributed by atoms with Crippen LogP contribution in [0, 0.1) is 5.92 Å². The average Bonchev–Trinajstić information content (AvgIpc) is 2.09. The molecule has 0 rings (SSSR count). The third-order valence-corrected chi connectivity index (χ3v) is 2.59. The number of rotatable bonds is 8. The van der Waals surface area contributed by atoms with Gasteiger partial charge >= 0.3 is 0 Å². The monoisotopic (exact) mass is 202 g/mol. The third kappa shape index (κ3) is 8.52. The highest BCUT2D eigenvalue weighted by atomic mass is 16.3. The zero-order chi connectivity index (χ0) is 11.0. The Labute approximate surface area is 88.3 Å². The minimum atomic E-state index is -0.578. The lowest BCUT2D eigenvalue weighted by Gasteiger charge is -2.12. The summed E-state index contributed by atoms with van der Waals surface area (Å²) in [5.74, 6) is 0.804. The summed E-state index contributed by atoms with van der Waals surface area (Å²) in [7, 11) is 0. The van der Waals surface area contributed by atoms with Crippen molar-refractivity contribution in [2.75, 3.05) is 0 Å². The molecule has 0 amide bonds. The van der Waals surface area contributed by atoms with E-state index in [1.54, 1.807) is 6.92 Å². The van der Waals surface area contributed by atoms with Crippen LogP contribution in [-0.2, 0) is 0 Å². The van der Waals surface area contributed by atoms with Crippen LogP contribution in [0.4, 0.5) is 0 Å². The molecule has 0 aliphatic heterocycles. The van der Waals surface area contributed by atoms with Gasteiger partial charge in [-0.25, -0.2) is 0 Å². The minimum absolute atomic E-state index is 0.528. The topological polar surface area (TPSA) is 40.5 Å². The van der Waals surface area contributed by atoms with E-state index in [4.69, 9.17) is 5.11 Å². The van der Waals surface area contributed by atoms with E-state index in [0.717, 1.165) is 18.8 Å². The molecule has 0 aromatic carbocycles. The van der Waals surface area contributed by atoms with Crippen molar-refractivity contribution < 1.29 is 10.2 Å². The van der Waals surface area contributed by atoms with Crippen LogP contribution >= 0.6 is 0 Å². The maximum atomic E-state index is 9.32. The first-order valence-electron chi connectivity index (χ1n) is 5.90. The van der Waals surface area contributed by atoms with Crippen LogP contribution in [0.15, 0.2) is 0 Å². The van der Waals surface area contributed by atoms with Crippen molar-refractivity contribution in [3.63, 3.8) is 0 Å². The Morgan fingerprint density at radius 1 is 0.786 bits per heavy atom. The molecule has 0 spiro atoms. The van der Waals surface area contributed by atoms with Crippen molar-refractivity contribution in [2.45, 2.75) is 71.5 Å². The Hall–Kier alpha value is -0.0800. The minimum Gasteiger partial charge on any atom is -0.391 e. The number of hydrogen-bond donors (Lipinski definition) is 2. The van der Waals surface area contributed by atoms with E-state index in [9.17, 15) is 5.11 Å². The predicted molar refractivity (Wildman–Crippen MR) is 60.2 cm³/mol. The Morgan fingerprint density at radius 2 is 1.29 bits per heavy atom. The summed E-state index contributed by atoms with van der Waals surface area (Å²) in [5, 5.41) is 18.4. The number of unbranched alkanes of at least 4 members (excludes halogenated alkanes) is 3. The lowest BCUT2D eigenvalue weighted by atomic mass is 10.0.